The van der Waals surface area contributed by atoms with Crippen molar-refractivity contribution in [1.29, 1.82) is 0 Å². The van der Waals surface area contributed by atoms with Crippen LogP contribution in [0.1, 0.15) is 0 Å². The van der Waals surface area contributed by atoms with Crippen molar-refractivity contribution in [2.75, 3.05) is 11.3 Å². The molecule has 2 rings (SSSR count). The highest BCUT2D eigenvalue weighted by atomic mass is 79.9. The summed E-state index contributed by atoms with van der Waals surface area (Å²) < 4.78 is 41.7. The molecule has 0 amide bonds. The second-order valence-electron chi connectivity index (χ2n) is 3.89. The molecule has 2 N–H and O–H groups in total. The van der Waals surface area contributed by atoms with Crippen LogP contribution >= 0.6 is 15.9 Å². The van der Waals surface area contributed by atoms with E-state index in [1.165, 1.54) is 23.0 Å². The number of nitrogens with zero attached hydrogens (tertiary/aromatic N) is 2. The van der Waals surface area contributed by atoms with Gasteiger partial charge >= 0.3 is 0 Å². The molecule has 0 aliphatic carbocycles. The van der Waals surface area contributed by atoms with Crippen LogP contribution in [0, 0.1) is 5.82 Å². The van der Waals surface area contributed by atoms with E-state index in [1.54, 1.807) is 0 Å². The summed E-state index contributed by atoms with van der Waals surface area (Å²) in [7, 11) is -3.93. The van der Waals surface area contributed by atoms with Crippen LogP contribution in [0.15, 0.2) is 40.0 Å². The number of sulfonamides is 1. The summed E-state index contributed by atoms with van der Waals surface area (Å²) in [6.45, 7) is 0.0234. The molecule has 20 heavy (non-hydrogen) atoms. The van der Waals surface area contributed by atoms with Crippen molar-refractivity contribution >= 4 is 31.6 Å². The van der Waals surface area contributed by atoms with Crippen LogP contribution in [-0.4, -0.2) is 29.9 Å². The van der Waals surface area contributed by atoms with E-state index in [4.69, 9.17) is 5.11 Å². The summed E-state index contributed by atoms with van der Waals surface area (Å²) in [5.74, 6) is -0.681. The Morgan fingerprint density at radius 2 is 2.20 bits per heavy atom. The van der Waals surface area contributed by atoms with E-state index in [1.807, 2.05) is 0 Å². The van der Waals surface area contributed by atoms with Crippen molar-refractivity contribution in [2.24, 2.45) is 0 Å². The van der Waals surface area contributed by atoms with Gasteiger partial charge in [0.2, 0.25) is 0 Å². The van der Waals surface area contributed by atoms with Crippen LogP contribution in [0.2, 0.25) is 0 Å². The first-order chi connectivity index (χ1) is 9.42. The van der Waals surface area contributed by atoms with Gasteiger partial charge in [-0.05, 0) is 18.2 Å². The lowest BCUT2D eigenvalue weighted by atomic mass is 10.3. The lowest BCUT2D eigenvalue weighted by molar-refractivity contribution is 0.269. The first kappa shape index (κ1) is 14.9. The molecule has 0 fully saturated rings. The normalized spacial score (nSPS) is 11.6. The van der Waals surface area contributed by atoms with Crippen molar-refractivity contribution in [3.05, 3.63) is 40.9 Å². The molecule has 1 heterocycles. The van der Waals surface area contributed by atoms with E-state index in [2.05, 4.69) is 25.8 Å². The van der Waals surface area contributed by atoms with E-state index in [0.29, 0.717) is 4.47 Å². The number of hydrogen-bond acceptors (Lipinski definition) is 4. The zero-order valence-corrected chi connectivity index (χ0v) is 12.5. The molecular weight excluding hydrogens is 353 g/mol. The molecule has 1 aromatic carbocycles. The van der Waals surface area contributed by atoms with Crippen LogP contribution in [0.3, 0.4) is 0 Å². The third-order valence-corrected chi connectivity index (χ3v) is 4.23. The Hall–Kier alpha value is -1.45. The first-order valence-corrected chi connectivity index (χ1v) is 7.81. The number of aromatic nitrogens is 2. The lowest BCUT2D eigenvalue weighted by Gasteiger charge is -2.07. The number of aliphatic hydroxyl groups excluding tert-OH is 1. The van der Waals surface area contributed by atoms with Gasteiger partial charge in [0.05, 0.1) is 25.0 Å². The van der Waals surface area contributed by atoms with Gasteiger partial charge < -0.3 is 5.11 Å². The molecule has 0 saturated heterocycles. The average molecular weight is 364 g/mol. The summed E-state index contributed by atoms with van der Waals surface area (Å²) in [6, 6.07) is 3.94. The van der Waals surface area contributed by atoms with Gasteiger partial charge in [-0.1, -0.05) is 15.9 Å². The maximum Gasteiger partial charge on any atom is 0.265 e. The van der Waals surface area contributed by atoms with Gasteiger partial charge in [-0.15, -0.1) is 0 Å². The molecule has 108 valence electrons. The Balaban J connectivity index is 2.28. The monoisotopic (exact) mass is 363 g/mol. The van der Waals surface area contributed by atoms with Crippen LogP contribution in [-0.2, 0) is 16.6 Å². The Kier molecular flexibility index (Phi) is 4.41. The molecule has 9 heteroatoms. The Labute approximate surface area is 123 Å². The highest BCUT2D eigenvalue weighted by Crippen LogP contribution is 2.23. The van der Waals surface area contributed by atoms with Gasteiger partial charge in [-0.25, -0.2) is 12.8 Å². The number of hydrogen-bond donors (Lipinski definition) is 2. The molecule has 6 nitrogen and oxygen atoms in total. The Bertz CT molecular complexity index is 717. The van der Waals surface area contributed by atoms with E-state index in [-0.39, 0.29) is 23.7 Å². The van der Waals surface area contributed by atoms with E-state index < -0.39 is 15.8 Å². The largest absolute Gasteiger partial charge is 0.394 e. The molecule has 0 radical (unpaired) electrons. The molecule has 0 spiro atoms. The van der Waals surface area contributed by atoms with Crippen LogP contribution in [0.5, 0.6) is 0 Å². The number of benzene rings is 1. The third-order valence-electron chi connectivity index (χ3n) is 2.42. The standard InChI is InChI=1S/C11H11BrFN3O3S/c12-8-1-2-10(13)11(5-8)15-20(18,19)9-6-14-16(7-9)3-4-17/h1-2,5-7,15,17H,3-4H2. The second-order valence-corrected chi connectivity index (χ2v) is 6.49. The van der Waals surface area contributed by atoms with Crippen molar-refractivity contribution in [3.63, 3.8) is 0 Å². The number of rotatable bonds is 5. The molecule has 0 atom stereocenters. The van der Waals surface area contributed by atoms with E-state index in [0.717, 1.165) is 12.3 Å². The molecule has 0 aliphatic rings. The zero-order chi connectivity index (χ0) is 14.8. The maximum atomic E-state index is 13.5. The fraction of sp³-hybridized carbons (Fsp3) is 0.182. The van der Waals surface area contributed by atoms with Crippen molar-refractivity contribution in [2.45, 2.75) is 11.4 Å². The van der Waals surface area contributed by atoms with Crippen molar-refractivity contribution in [1.82, 2.24) is 9.78 Å². The fourth-order valence-electron chi connectivity index (χ4n) is 1.49. The molecule has 0 bridgehead atoms. The van der Waals surface area contributed by atoms with Crippen LogP contribution < -0.4 is 4.72 Å². The zero-order valence-electron chi connectivity index (χ0n) is 10.1. The smallest absolute Gasteiger partial charge is 0.265 e. The summed E-state index contributed by atoms with van der Waals surface area (Å²) in [6.07, 6.45) is 2.39. The van der Waals surface area contributed by atoms with Gasteiger partial charge in [0.1, 0.15) is 10.7 Å². The summed E-state index contributed by atoms with van der Waals surface area (Å²) >= 11 is 3.14. The number of halogens is 2. The lowest BCUT2D eigenvalue weighted by Crippen LogP contribution is -2.13. The van der Waals surface area contributed by atoms with Gasteiger partial charge in [-0.2, -0.15) is 5.10 Å². The van der Waals surface area contributed by atoms with E-state index >= 15 is 0 Å². The summed E-state index contributed by atoms with van der Waals surface area (Å²) in [5, 5.41) is 12.5. The molecular formula is C11H11BrFN3O3S. The molecule has 0 saturated carbocycles. The molecule has 1 aromatic heterocycles. The Morgan fingerprint density at radius 1 is 1.45 bits per heavy atom. The minimum atomic E-state index is -3.93. The van der Waals surface area contributed by atoms with Gasteiger partial charge in [0.25, 0.3) is 10.0 Å². The highest BCUT2D eigenvalue weighted by Gasteiger charge is 2.18. The first-order valence-electron chi connectivity index (χ1n) is 5.53. The topological polar surface area (TPSA) is 84.2 Å². The van der Waals surface area contributed by atoms with Gasteiger partial charge in [0, 0.05) is 10.7 Å². The number of anilines is 1. The predicted molar refractivity (Wildman–Crippen MR) is 74.2 cm³/mol. The number of nitrogens with one attached hydrogen (secondary N) is 1. The molecule has 2 aromatic rings. The number of aliphatic hydroxyl groups is 1. The highest BCUT2D eigenvalue weighted by molar-refractivity contribution is 9.10. The summed E-state index contributed by atoms with van der Waals surface area (Å²) in [5.41, 5.74) is -0.158. The minimum absolute atomic E-state index is 0.106. The van der Waals surface area contributed by atoms with Crippen molar-refractivity contribution in [3.8, 4) is 0 Å². The SMILES string of the molecule is O=S(=O)(Nc1cc(Br)ccc1F)c1cnn(CCO)c1. The van der Waals surface area contributed by atoms with E-state index in [9.17, 15) is 12.8 Å². The average Bonchev–Trinajstić information content (AvgIpc) is 2.83. The quantitative estimate of drug-likeness (QED) is 0.844. The van der Waals surface area contributed by atoms with Crippen LogP contribution in [0.4, 0.5) is 10.1 Å². The van der Waals surface area contributed by atoms with Gasteiger partial charge in [-0.3, -0.25) is 9.40 Å². The molecule has 0 unspecified atom stereocenters. The maximum absolute atomic E-state index is 13.5. The minimum Gasteiger partial charge on any atom is -0.394 e. The third kappa shape index (κ3) is 3.35. The fourth-order valence-corrected chi connectivity index (χ4v) is 2.86. The van der Waals surface area contributed by atoms with Gasteiger partial charge in [0.15, 0.2) is 0 Å². The Morgan fingerprint density at radius 3 is 2.90 bits per heavy atom. The molecule has 0 aliphatic heterocycles. The second kappa shape index (κ2) is 5.90. The van der Waals surface area contributed by atoms with Crippen molar-refractivity contribution < 1.29 is 17.9 Å². The van der Waals surface area contributed by atoms with Crippen LogP contribution in [0.25, 0.3) is 0 Å². The predicted octanol–water partition coefficient (Wildman–Crippen LogP) is 1.58. The summed E-state index contributed by atoms with van der Waals surface area (Å²) in [4.78, 5) is -0.106.